The Balaban J connectivity index is 4.70. The Hall–Kier alpha value is -0.610. The van der Waals surface area contributed by atoms with Gasteiger partial charge in [-0.2, -0.15) is 0 Å². The van der Waals surface area contributed by atoms with Crippen LogP contribution in [0.5, 0.6) is 0 Å². The summed E-state index contributed by atoms with van der Waals surface area (Å²) in [6.45, 7) is 8.16. The number of esters is 1. The molecule has 4 heteroatoms. The average molecular weight is 218 g/mol. The van der Waals surface area contributed by atoms with Crippen LogP contribution in [0, 0.1) is 11.8 Å². The predicted molar refractivity (Wildman–Crippen MR) is 57.5 cm³/mol. The van der Waals surface area contributed by atoms with Gasteiger partial charge in [0, 0.05) is 12.5 Å². The molecule has 0 saturated carbocycles. The van der Waals surface area contributed by atoms with E-state index in [2.05, 4.69) is 4.74 Å². The molecule has 0 aliphatic heterocycles. The highest BCUT2D eigenvalue weighted by atomic mass is 16.5. The van der Waals surface area contributed by atoms with E-state index in [0.717, 1.165) is 0 Å². The van der Waals surface area contributed by atoms with Crippen LogP contribution in [0.1, 0.15) is 27.7 Å². The van der Waals surface area contributed by atoms with Gasteiger partial charge in [0.15, 0.2) is 5.60 Å². The smallest absolute Gasteiger partial charge is 0.338 e. The lowest BCUT2D eigenvalue weighted by Crippen LogP contribution is -2.51. The Morgan fingerprint density at radius 1 is 1.40 bits per heavy atom. The van der Waals surface area contributed by atoms with E-state index >= 15 is 0 Å². The van der Waals surface area contributed by atoms with Gasteiger partial charge in [-0.05, 0) is 12.8 Å². The van der Waals surface area contributed by atoms with Gasteiger partial charge in [-0.1, -0.05) is 20.8 Å². The molecule has 0 aliphatic carbocycles. The minimum atomic E-state index is -1.47. The highest BCUT2D eigenvalue weighted by molar-refractivity contribution is 5.79. The van der Waals surface area contributed by atoms with E-state index in [9.17, 15) is 9.90 Å². The molecule has 0 aromatic carbocycles. The molecule has 0 rings (SSSR count). The van der Waals surface area contributed by atoms with Crippen molar-refractivity contribution in [1.29, 1.82) is 0 Å². The molecule has 0 aromatic heterocycles. The van der Waals surface area contributed by atoms with Crippen molar-refractivity contribution in [3.05, 3.63) is 0 Å². The summed E-state index contributed by atoms with van der Waals surface area (Å²) in [5, 5.41) is 10.3. The zero-order valence-electron chi connectivity index (χ0n) is 10.2. The van der Waals surface area contributed by atoms with Crippen LogP contribution < -0.4 is 0 Å². The van der Waals surface area contributed by atoms with Crippen molar-refractivity contribution in [1.82, 2.24) is 0 Å². The number of methoxy groups -OCH3 is 1. The van der Waals surface area contributed by atoms with Crippen LogP contribution in [0.15, 0.2) is 0 Å². The van der Waals surface area contributed by atoms with Crippen LogP contribution in [0.3, 0.4) is 0 Å². The third-order valence-corrected chi connectivity index (χ3v) is 2.72. The Morgan fingerprint density at radius 3 is 2.27 bits per heavy atom. The first-order valence-corrected chi connectivity index (χ1v) is 5.29. The molecule has 2 atom stereocenters. The second kappa shape index (κ2) is 6.08. The van der Waals surface area contributed by atoms with E-state index in [1.165, 1.54) is 7.11 Å². The Labute approximate surface area is 91.6 Å². The van der Waals surface area contributed by atoms with Gasteiger partial charge >= 0.3 is 5.97 Å². The lowest BCUT2D eigenvalue weighted by Gasteiger charge is -2.34. The minimum absolute atomic E-state index is 0.208. The first kappa shape index (κ1) is 14.4. The van der Waals surface area contributed by atoms with Gasteiger partial charge in [0.2, 0.25) is 0 Å². The first-order chi connectivity index (χ1) is 6.91. The standard InChI is InChI=1S/C11H22O4/c1-6-15-7-9(4)11(13,8(2)3)10(12)14-5/h8-9,13H,6-7H2,1-5H3. The molecule has 15 heavy (non-hydrogen) atoms. The number of hydrogen-bond donors (Lipinski definition) is 1. The van der Waals surface area contributed by atoms with Crippen molar-refractivity contribution in [3.63, 3.8) is 0 Å². The molecule has 0 amide bonds. The topological polar surface area (TPSA) is 55.8 Å². The number of ether oxygens (including phenoxy) is 2. The summed E-state index contributed by atoms with van der Waals surface area (Å²) < 4.78 is 9.85. The normalized spacial score (nSPS) is 17.3. The fourth-order valence-electron chi connectivity index (χ4n) is 1.59. The van der Waals surface area contributed by atoms with Gasteiger partial charge in [0.1, 0.15) is 0 Å². The van der Waals surface area contributed by atoms with Crippen LogP contribution in [-0.2, 0) is 14.3 Å². The van der Waals surface area contributed by atoms with Crippen molar-refractivity contribution < 1.29 is 19.4 Å². The third kappa shape index (κ3) is 3.18. The average Bonchev–Trinajstić information content (AvgIpc) is 2.22. The maximum atomic E-state index is 11.6. The zero-order valence-corrected chi connectivity index (χ0v) is 10.2. The van der Waals surface area contributed by atoms with Gasteiger partial charge in [0.25, 0.3) is 0 Å². The SMILES string of the molecule is CCOCC(C)C(O)(C(=O)OC)C(C)C. The minimum Gasteiger partial charge on any atom is -0.467 e. The van der Waals surface area contributed by atoms with Gasteiger partial charge in [-0.3, -0.25) is 0 Å². The van der Waals surface area contributed by atoms with E-state index < -0.39 is 11.6 Å². The Kier molecular flexibility index (Phi) is 5.83. The second-order valence-corrected chi connectivity index (χ2v) is 4.03. The number of hydrogen-bond acceptors (Lipinski definition) is 4. The lowest BCUT2D eigenvalue weighted by molar-refractivity contribution is -0.177. The molecule has 0 saturated heterocycles. The summed E-state index contributed by atoms with van der Waals surface area (Å²) in [4.78, 5) is 11.6. The molecule has 2 unspecified atom stereocenters. The predicted octanol–water partition coefficient (Wildman–Crippen LogP) is 1.22. The summed E-state index contributed by atoms with van der Waals surface area (Å²) in [5.74, 6) is -1.09. The van der Waals surface area contributed by atoms with Gasteiger partial charge < -0.3 is 14.6 Å². The van der Waals surface area contributed by atoms with E-state index in [4.69, 9.17) is 4.74 Å². The molecular weight excluding hydrogens is 196 g/mol. The second-order valence-electron chi connectivity index (χ2n) is 4.03. The molecule has 1 N–H and O–H groups in total. The van der Waals surface area contributed by atoms with Crippen LogP contribution in [0.25, 0.3) is 0 Å². The van der Waals surface area contributed by atoms with Crippen LogP contribution in [0.4, 0.5) is 0 Å². The fraction of sp³-hybridized carbons (Fsp3) is 0.909. The van der Waals surface area contributed by atoms with Crippen LogP contribution >= 0.6 is 0 Å². The number of aliphatic hydroxyl groups is 1. The molecular formula is C11H22O4. The molecule has 0 fully saturated rings. The van der Waals surface area contributed by atoms with Gasteiger partial charge in [0.05, 0.1) is 13.7 Å². The van der Waals surface area contributed by atoms with Gasteiger partial charge in [-0.15, -0.1) is 0 Å². The summed E-state index contributed by atoms with van der Waals surface area (Å²) >= 11 is 0. The van der Waals surface area contributed by atoms with Crippen molar-refractivity contribution >= 4 is 5.97 Å². The lowest BCUT2D eigenvalue weighted by atomic mass is 9.80. The Bertz CT molecular complexity index is 203. The molecule has 90 valence electrons. The number of carbonyl (C=O) groups excluding carboxylic acids is 1. The molecule has 0 bridgehead atoms. The zero-order chi connectivity index (χ0) is 12.1. The fourth-order valence-corrected chi connectivity index (χ4v) is 1.59. The van der Waals surface area contributed by atoms with Crippen molar-refractivity contribution in [3.8, 4) is 0 Å². The summed E-state index contributed by atoms with van der Waals surface area (Å²) in [5.41, 5.74) is -1.47. The van der Waals surface area contributed by atoms with E-state index in [1.807, 2.05) is 6.92 Å². The van der Waals surface area contributed by atoms with E-state index in [0.29, 0.717) is 13.2 Å². The molecule has 0 aliphatic rings. The van der Waals surface area contributed by atoms with Crippen molar-refractivity contribution in [2.75, 3.05) is 20.3 Å². The van der Waals surface area contributed by atoms with Crippen molar-refractivity contribution in [2.24, 2.45) is 11.8 Å². The highest BCUT2D eigenvalue weighted by Crippen LogP contribution is 2.28. The quantitative estimate of drug-likeness (QED) is 0.681. The number of carbonyl (C=O) groups is 1. The van der Waals surface area contributed by atoms with E-state index in [-0.39, 0.29) is 11.8 Å². The number of rotatable bonds is 6. The molecule has 4 nitrogen and oxygen atoms in total. The molecule has 0 aromatic rings. The first-order valence-electron chi connectivity index (χ1n) is 5.29. The molecule has 0 heterocycles. The van der Waals surface area contributed by atoms with Gasteiger partial charge in [-0.25, -0.2) is 4.79 Å². The highest BCUT2D eigenvalue weighted by Gasteiger charge is 2.45. The monoisotopic (exact) mass is 218 g/mol. The maximum Gasteiger partial charge on any atom is 0.338 e. The third-order valence-electron chi connectivity index (χ3n) is 2.72. The van der Waals surface area contributed by atoms with Crippen molar-refractivity contribution in [2.45, 2.75) is 33.3 Å². The molecule has 0 spiro atoms. The van der Waals surface area contributed by atoms with Crippen LogP contribution in [0.2, 0.25) is 0 Å². The van der Waals surface area contributed by atoms with Crippen LogP contribution in [-0.4, -0.2) is 37.0 Å². The molecule has 0 radical (unpaired) electrons. The summed E-state index contributed by atoms with van der Waals surface area (Å²) in [6.07, 6.45) is 0. The Morgan fingerprint density at radius 2 is 1.93 bits per heavy atom. The maximum absolute atomic E-state index is 11.6. The van der Waals surface area contributed by atoms with E-state index in [1.54, 1.807) is 20.8 Å². The largest absolute Gasteiger partial charge is 0.467 e. The summed E-state index contributed by atoms with van der Waals surface area (Å²) in [7, 11) is 1.28. The summed E-state index contributed by atoms with van der Waals surface area (Å²) in [6, 6.07) is 0.